The quantitative estimate of drug-likeness (QED) is 0.123. The topological polar surface area (TPSA) is 225 Å². The SMILES string of the molecule is CC(C)CC(N)C(=O)NC(CCC(=O)O)C(=O)NC(CC(=O)O)C(=O)NC(CS)C(=O)O. The zero-order valence-electron chi connectivity index (χ0n) is 17.7. The van der Waals surface area contributed by atoms with Gasteiger partial charge in [0.05, 0.1) is 12.5 Å². The molecule has 4 unspecified atom stereocenters. The van der Waals surface area contributed by atoms with Crippen molar-refractivity contribution >= 4 is 48.3 Å². The van der Waals surface area contributed by atoms with E-state index in [0.717, 1.165) is 0 Å². The van der Waals surface area contributed by atoms with Crippen molar-refractivity contribution in [3.63, 3.8) is 0 Å². The minimum absolute atomic E-state index is 0.0692. The number of carbonyl (C=O) groups excluding carboxylic acids is 3. The van der Waals surface area contributed by atoms with Crippen molar-refractivity contribution in [1.82, 2.24) is 16.0 Å². The molecule has 0 saturated heterocycles. The molecule has 4 atom stereocenters. The number of hydrogen-bond acceptors (Lipinski definition) is 8. The molecule has 0 radical (unpaired) electrons. The molecule has 3 amide bonds. The molecule has 182 valence electrons. The first-order valence-electron chi connectivity index (χ1n) is 9.72. The first-order valence-corrected chi connectivity index (χ1v) is 10.4. The van der Waals surface area contributed by atoms with Crippen molar-refractivity contribution in [1.29, 1.82) is 0 Å². The summed E-state index contributed by atoms with van der Waals surface area (Å²) in [6, 6.07) is -5.51. The van der Waals surface area contributed by atoms with Gasteiger partial charge in [-0.2, -0.15) is 12.6 Å². The molecule has 0 aliphatic rings. The fraction of sp³-hybridized carbons (Fsp3) is 0.667. The predicted molar refractivity (Wildman–Crippen MR) is 114 cm³/mol. The highest BCUT2D eigenvalue weighted by molar-refractivity contribution is 7.80. The van der Waals surface area contributed by atoms with Crippen molar-refractivity contribution in [2.75, 3.05) is 5.75 Å². The number of aliphatic carboxylic acids is 3. The van der Waals surface area contributed by atoms with Gasteiger partial charge in [-0.05, 0) is 18.8 Å². The molecule has 0 heterocycles. The van der Waals surface area contributed by atoms with E-state index < -0.39 is 72.6 Å². The van der Waals surface area contributed by atoms with Gasteiger partial charge in [0.2, 0.25) is 17.7 Å². The Labute approximate surface area is 189 Å². The van der Waals surface area contributed by atoms with Gasteiger partial charge >= 0.3 is 17.9 Å². The molecule has 0 aliphatic heterocycles. The number of carbonyl (C=O) groups is 6. The second kappa shape index (κ2) is 14.2. The summed E-state index contributed by atoms with van der Waals surface area (Å²) in [5.41, 5.74) is 5.77. The van der Waals surface area contributed by atoms with Crippen molar-refractivity contribution in [3.05, 3.63) is 0 Å². The van der Waals surface area contributed by atoms with Crippen molar-refractivity contribution in [3.8, 4) is 0 Å². The standard InChI is InChI=1S/C18H30N4O9S/c1-8(2)5-9(19)15(27)20-10(3-4-13(23)24)16(28)21-11(6-14(25)26)17(29)22-12(7-32)18(30)31/h8-12,32H,3-7,19H2,1-2H3,(H,20,27)(H,21,28)(H,22,29)(H,23,24)(H,25,26)(H,30,31). The van der Waals surface area contributed by atoms with E-state index in [0.29, 0.717) is 6.42 Å². The fourth-order valence-corrected chi connectivity index (χ4v) is 2.79. The first kappa shape index (κ1) is 29.1. The maximum Gasteiger partial charge on any atom is 0.327 e. The Hall–Kier alpha value is -2.87. The Balaban J connectivity index is 5.49. The molecule has 14 heteroatoms. The van der Waals surface area contributed by atoms with E-state index in [1.165, 1.54) is 0 Å². The van der Waals surface area contributed by atoms with E-state index in [1.54, 1.807) is 0 Å². The lowest BCUT2D eigenvalue weighted by molar-refractivity contribution is -0.143. The Morgan fingerprint density at radius 1 is 0.812 bits per heavy atom. The third kappa shape index (κ3) is 11.5. The predicted octanol–water partition coefficient (Wildman–Crippen LogP) is -1.83. The van der Waals surface area contributed by atoms with Crippen LogP contribution in [0, 0.1) is 5.92 Å². The number of carboxylic acid groups (broad SMARTS) is 3. The van der Waals surface area contributed by atoms with Crippen LogP contribution in [0.2, 0.25) is 0 Å². The smallest absolute Gasteiger partial charge is 0.327 e. The van der Waals surface area contributed by atoms with Gasteiger partial charge in [-0.3, -0.25) is 24.0 Å². The molecule has 0 aromatic carbocycles. The zero-order valence-corrected chi connectivity index (χ0v) is 18.6. The molecular weight excluding hydrogens is 448 g/mol. The van der Waals surface area contributed by atoms with Gasteiger partial charge in [-0.25, -0.2) is 4.79 Å². The second-order valence-corrected chi connectivity index (χ2v) is 7.84. The monoisotopic (exact) mass is 478 g/mol. The molecule has 0 spiro atoms. The van der Waals surface area contributed by atoms with Crippen molar-refractivity contribution in [2.45, 2.75) is 63.7 Å². The number of rotatable bonds is 15. The normalized spacial score (nSPS) is 14.5. The molecule has 32 heavy (non-hydrogen) atoms. The summed E-state index contributed by atoms with van der Waals surface area (Å²) in [7, 11) is 0. The van der Waals surface area contributed by atoms with Gasteiger partial charge in [0.15, 0.2) is 0 Å². The van der Waals surface area contributed by atoms with Crippen LogP contribution >= 0.6 is 12.6 Å². The van der Waals surface area contributed by atoms with E-state index >= 15 is 0 Å². The molecule has 13 nitrogen and oxygen atoms in total. The molecule has 0 saturated carbocycles. The third-order valence-corrected chi connectivity index (χ3v) is 4.52. The number of hydrogen-bond donors (Lipinski definition) is 8. The van der Waals surface area contributed by atoms with Crippen molar-refractivity contribution in [2.24, 2.45) is 11.7 Å². The van der Waals surface area contributed by atoms with Crippen LogP contribution in [0.3, 0.4) is 0 Å². The molecule has 0 rings (SSSR count). The van der Waals surface area contributed by atoms with Crippen molar-refractivity contribution < 1.29 is 44.1 Å². The number of nitrogens with one attached hydrogen (secondary N) is 3. The molecule has 0 bridgehead atoms. The number of carboxylic acids is 3. The molecule has 0 aromatic heterocycles. The van der Waals surface area contributed by atoms with Crippen LogP contribution in [0.15, 0.2) is 0 Å². The highest BCUT2D eigenvalue weighted by Crippen LogP contribution is 2.06. The fourth-order valence-electron chi connectivity index (χ4n) is 2.54. The Morgan fingerprint density at radius 2 is 1.31 bits per heavy atom. The highest BCUT2D eigenvalue weighted by Gasteiger charge is 2.31. The summed E-state index contributed by atoms with van der Waals surface area (Å²) >= 11 is 3.78. The Kier molecular flexibility index (Phi) is 13.0. The van der Waals surface area contributed by atoms with E-state index in [2.05, 4.69) is 28.6 Å². The lowest BCUT2D eigenvalue weighted by Gasteiger charge is -2.24. The van der Waals surface area contributed by atoms with Gasteiger partial charge in [0.25, 0.3) is 0 Å². The number of nitrogens with two attached hydrogens (primary N) is 1. The highest BCUT2D eigenvalue weighted by atomic mass is 32.1. The minimum atomic E-state index is -1.68. The lowest BCUT2D eigenvalue weighted by atomic mass is 10.0. The summed E-state index contributed by atoms with van der Waals surface area (Å²) in [5.74, 6) is -7.18. The van der Waals surface area contributed by atoms with E-state index in [1.807, 2.05) is 13.8 Å². The second-order valence-electron chi connectivity index (χ2n) is 7.47. The molecule has 0 fully saturated rings. The summed E-state index contributed by atoms with van der Waals surface area (Å²) < 4.78 is 0. The zero-order chi connectivity index (χ0) is 25.0. The van der Waals surface area contributed by atoms with Gasteiger partial charge in [-0.15, -0.1) is 0 Å². The van der Waals surface area contributed by atoms with Crippen LogP contribution < -0.4 is 21.7 Å². The van der Waals surface area contributed by atoms with Crippen LogP contribution in [0.4, 0.5) is 0 Å². The lowest BCUT2D eigenvalue weighted by Crippen LogP contribution is -2.57. The maximum absolute atomic E-state index is 12.7. The maximum atomic E-state index is 12.7. The van der Waals surface area contributed by atoms with Gasteiger partial charge in [0.1, 0.15) is 18.1 Å². The van der Waals surface area contributed by atoms with Crippen LogP contribution in [0.5, 0.6) is 0 Å². The summed E-state index contributed by atoms with van der Waals surface area (Å²) in [6.45, 7) is 3.65. The summed E-state index contributed by atoms with van der Waals surface area (Å²) in [6.07, 6.45) is -1.45. The number of amides is 3. The average molecular weight is 479 g/mol. The minimum Gasteiger partial charge on any atom is -0.481 e. The van der Waals surface area contributed by atoms with Gasteiger partial charge in [0, 0.05) is 12.2 Å². The molecular formula is C18H30N4O9S. The largest absolute Gasteiger partial charge is 0.481 e. The summed E-state index contributed by atoms with van der Waals surface area (Å²) in [5, 5.41) is 33.4. The molecule has 8 N–H and O–H groups in total. The third-order valence-electron chi connectivity index (χ3n) is 4.15. The summed E-state index contributed by atoms with van der Waals surface area (Å²) in [4.78, 5) is 70.4. The van der Waals surface area contributed by atoms with E-state index in [4.69, 9.17) is 21.1 Å². The van der Waals surface area contributed by atoms with Crippen LogP contribution in [0.25, 0.3) is 0 Å². The first-order chi connectivity index (χ1) is 14.8. The number of thiol groups is 1. The van der Waals surface area contributed by atoms with Gasteiger partial charge in [-0.1, -0.05) is 13.8 Å². The van der Waals surface area contributed by atoms with Crippen LogP contribution in [-0.2, 0) is 28.8 Å². The average Bonchev–Trinajstić information content (AvgIpc) is 2.66. The Morgan fingerprint density at radius 3 is 1.75 bits per heavy atom. The van der Waals surface area contributed by atoms with Crippen LogP contribution in [-0.4, -0.2) is 80.9 Å². The van der Waals surface area contributed by atoms with Crippen LogP contribution in [0.1, 0.15) is 39.5 Å². The Bertz CT molecular complexity index is 717. The van der Waals surface area contributed by atoms with Gasteiger partial charge < -0.3 is 37.0 Å². The van der Waals surface area contributed by atoms with E-state index in [9.17, 15) is 28.8 Å². The molecule has 0 aromatic rings. The van der Waals surface area contributed by atoms with E-state index in [-0.39, 0.29) is 18.1 Å². The molecule has 0 aliphatic carbocycles.